The summed E-state index contributed by atoms with van der Waals surface area (Å²) in [4.78, 5) is 4.54. The lowest BCUT2D eigenvalue weighted by atomic mass is 10.1. The zero-order valence-corrected chi connectivity index (χ0v) is 16.0. The molecule has 4 rings (SSSR count). The third-order valence-corrected chi connectivity index (χ3v) is 4.48. The molecule has 29 heavy (non-hydrogen) atoms. The average molecular weight is 409 g/mol. The molecule has 0 saturated carbocycles. The van der Waals surface area contributed by atoms with E-state index in [1.54, 1.807) is 24.3 Å². The number of nitrogens with one attached hydrogen (secondary N) is 3. The van der Waals surface area contributed by atoms with Crippen molar-refractivity contribution in [2.45, 2.75) is 0 Å². The second-order valence-corrected chi connectivity index (χ2v) is 6.62. The van der Waals surface area contributed by atoms with Gasteiger partial charge in [0, 0.05) is 30.2 Å². The quantitative estimate of drug-likeness (QED) is 0.436. The zero-order chi connectivity index (χ0) is 20.2. The molecule has 0 spiro atoms. The van der Waals surface area contributed by atoms with Gasteiger partial charge in [-0.2, -0.15) is 5.26 Å². The normalized spacial score (nSPS) is 11.7. The summed E-state index contributed by atoms with van der Waals surface area (Å²) in [6.45, 7) is 1.17. The summed E-state index contributed by atoms with van der Waals surface area (Å²) < 4.78 is 23.7. The molecule has 2 aromatic carbocycles. The van der Waals surface area contributed by atoms with Crippen LogP contribution in [0.15, 0.2) is 42.5 Å². The largest absolute Gasteiger partial charge is 0.454 e. The van der Waals surface area contributed by atoms with Crippen LogP contribution in [0.3, 0.4) is 0 Å². The van der Waals surface area contributed by atoms with Gasteiger partial charge in [0.2, 0.25) is 6.79 Å². The lowest BCUT2D eigenvalue weighted by Crippen LogP contribution is -2.32. The van der Waals surface area contributed by atoms with Crippen LogP contribution in [0.25, 0.3) is 10.9 Å². The number of fused-ring (bicyclic) bond motifs is 2. The second-order valence-electron chi connectivity index (χ2n) is 6.21. The van der Waals surface area contributed by atoms with Gasteiger partial charge in [-0.3, -0.25) is 0 Å². The van der Waals surface area contributed by atoms with Crippen molar-refractivity contribution in [3.05, 3.63) is 53.8 Å². The van der Waals surface area contributed by atoms with Gasteiger partial charge in [-0.25, -0.2) is 9.37 Å². The molecule has 0 atom stereocenters. The molecule has 0 radical (unpaired) electrons. The highest BCUT2D eigenvalue weighted by atomic mass is 32.1. The van der Waals surface area contributed by atoms with Crippen LogP contribution in [0.4, 0.5) is 15.9 Å². The third-order valence-electron chi connectivity index (χ3n) is 4.23. The maximum absolute atomic E-state index is 12.9. The van der Waals surface area contributed by atoms with Crippen LogP contribution >= 0.6 is 12.2 Å². The Morgan fingerprint density at radius 2 is 1.90 bits per heavy atom. The van der Waals surface area contributed by atoms with Crippen LogP contribution in [-0.4, -0.2) is 30.0 Å². The smallest absolute Gasteiger partial charge is 0.231 e. The van der Waals surface area contributed by atoms with Crippen molar-refractivity contribution in [3.8, 4) is 17.6 Å². The molecule has 0 saturated heterocycles. The topological polar surface area (TPSA) is 91.2 Å². The highest BCUT2D eigenvalue weighted by molar-refractivity contribution is 7.80. The van der Waals surface area contributed by atoms with Gasteiger partial charge < -0.3 is 25.4 Å². The molecular weight excluding hydrogens is 393 g/mol. The van der Waals surface area contributed by atoms with Crippen molar-refractivity contribution >= 4 is 39.7 Å². The number of benzene rings is 2. The van der Waals surface area contributed by atoms with Gasteiger partial charge in [-0.15, -0.1) is 0 Å². The molecule has 1 aromatic heterocycles. The summed E-state index contributed by atoms with van der Waals surface area (Å²) in [7, 11) is 0. The van der Waals surface area contributed by atoms with Crippen molar-refractivity contribution in [1.29, 1.82) is 5.26 Å². The van der Waals surface area contributed by atoms with E-state index in [-0.39, 0.29) is 12.6 Å². The highest BCUT2D eigenvalue weighted by Gasteiger charge is 2.16. The van der Waals surface area contributed by atoms with E-state index in [0.717, 1.165) is 5.39 Å². The number of hydrogen-bond donors (Lipinski definition) is 3. The number of nitrogens with zero attached hydrogens (tertiary/aromatic N) is 2. The monoisotopic (exact) mass is 409 g/mol. The van der Waals surface area contributed by atoms with Gasteiger partial charge in [0.15, 0.2) is 16.6 Å². The van der Waals surface area contributed by atoms with E-state index in [1.807, 2.05) is 6.07 Å². The Hall–Kier alpha value is -3.64. The van der Waals surface area contributed by atoms with Crippen molar-refractivity contribution in [1.82, 2.24) is 10.3 Å². The maximum atomic E-state index is 12.9. The van der Waals surface area contributed by atoms with E-state index in [0.29, 0.717) is 52.3 Å². The molecule has 0 amide bonds. The summed E-state index contributed by atoms with van der Waals surface area (Å²) in [6.07, 6.45) is 0. The first-order valence-corrected chi connectivity index (χ1v) is 9.22. The van der Waals surface area contributed by atoms with Gasteiger partial charge in [0.1, 0.15) is 17.7 Å². The van der Waals surface area contributed by atoms with E-state index in [9.17, 15) is 9.65 Å². The second kappa shape index (κ2) is 8.16. The van der Waals surface area contributed by atoms with Crippen molar-refractivity contribution in [2.75, 3.05) is 30.5 Å². The number of hydrogen-bond acceptors (Lipinski definition) is 6. The van der Waals surface area contributed by atoms with E-state index in [2.05, 4.69) is 27.0 Å². The van der Waals surface area contributed by atoms with E-state index in [1.165, 1.54) is 12.1 Å². The van der Waals surface area contributed by atoms with Gasteiger partial charge in [0.05, 0.1) is 11.1 Å². The molecule has 1 aliphatic heterocycles. The van der Waals surface area contributed by atoms with Crippen LogP contribution < -0.4 is 25.4 Å². The van der Waals surface area contributed by atoms with Crippen LogP contribution in [0.5, 0.6) is 11.5 Å². The van der Waals surface area contributed by atoms with Crippen LogP contribution in [-0.2, 0) is 0 Å². The molecule has 3 aromatic rings. The SMILES string of the molecule is N#Cc1cc2cc3c(cc2nc1NCCNC(=S)Nc1ccc(F)cc1)OCO3. The Morgan fingerprint density at radius 3 is 2.66 bits per heavy atom. The van der Waals surface area contributed by atoms with E-state index >= 15 is 0 Å². The average Bonchev–Trinajstić information content (AvgIpc) is 3.17. The number of anilines is 2. The third kappa shape index (κ3) is 4.28. The Labute approximate surface area is 171 Å². The Bertz CT molecular complexity index is 1110. The molecule has 0 unspecified atom stereocenters. The van der Waals surface area contributed by atoms with Crippen LogP contribution in [0.1, 0.15) is 5.56 Å². The fourth-order valence-corrected chi connectivity index (χ4v) is 3.07. The molecule has 9 heteroatoms. The first kappa shape index (κ1) is 18.7. The molecule has 0 fully saturated rings. The van der Waals surface area contributed by atoms with Crippen LogP contribution in [0.2, 0.25) is 0 Å². The highest BCUT2D eigenvalue weighted by Crippen LogP contribution is 2.36. The standard InChI is InChI=1S/C20H16FN5O2S/c21-14-1-3-15(4-2-14)25-20(29)24-6-5-23-19-13(10-22)7-12-8-17-18(28-11-27-17)9-16(12)26-19/h1-4,7-9H,5-6,11H2,(H,23,26)(H2,24,25,29). The Kier molecular flexibility index (Phi) is 5.27. The summed E-state index contributed by atoms with van der Waals surface area (Å²) in [6, 6.07) is 13.4. The molecule has 0 bridgehead atoms. The van der Waals surface area contributed by atoms with Gasteiger partial charge in [-0.05, 0) is 48.6 Å². The van der Waals surface area contributed by atoms with Gasteiger partial charge >= 0.3 is 0 Å². The minimum absolute atomic E-state index is 0.180. The summed E-state index contributed by atoms with van der Waals surface area (Å²) in [5.74, 6) is 1.46. The first-order chi connectivity index (χ1) is 14.1. The number of thiocarbonyl (C=S) groups is 1. The van der Waals surface area contributed by atoms with Gasteiger partial charge in [-0.1, -0.05) is 0 Å². The maximum Gasteiger partial charge on any atom is 0.231 e. The first-order valence-electron chi connectivity index (χ1n) is 8.81. The molecule has 146 valence electrons. The van der Waals surface area contributed by atoms with Crippen LogP contribution in [0, 0.1) is 17.1 Å². The minimum Gasteiger partial charge on any atom is -0.454 e. The van der Waals surface area contributed by atoms with E-state index in [4.69, 9.17) is 21.7 Å². The summed E-state index contributed by atoms with van der Waals surface area (Å²) in [5.41, 5.74) is 1.83. The fraction of sp³-hybridized carbons (Fsp3) is 0.150. The number of ether oxygens (including phenoxy) is 2. The Morgan fingerprint density at radius 1 is 1.14 bits per heavy atom. The number of rotatable bonds is 5. The zero-order valence-electron chi connectivity index (χ0n) is 15.2. The lowest BCUT2D eigenvalue weighted by Gasteiger charge is -2.12. The molecule has 2 heterocycles. The molecule has 1 aliphatic rings. The Balaban J connectivity index is 1.36. The molecule has 3 N–H and O–H groups in total. The molecular formula is C20H16FN5O2S. The summed E-state index contributed by atoms with van der Waals surface area (Å²) in [5, 5.41) is 19.8. The van der Waals surface area contributed by atoms with E-state index < -0.39 is 0 Å². The summed E-state index contributed by atoms with van der Waals surface area (Å²) >= 11 is 5.22. The van der Waals surface area contributed by atoms with Crippen molar-refractivity contribution in [3.63, 3.8) is 0 Å². The van der Waals surface area contributed by atoms with Crippen molar-refractivity contribution in [2.24, 2.45) is 0 Å². The number of aromatic nitrogens is 1. The van der Waals surface area contributed by atoms with Gasteiger partial charge in [0.25, 0.3) is 0 Å². The number of halogens is 1. The molecule has 0 aliphatic carbocycles. The lowest BCUT2D eigenvalue weighted by molar-refractivity contribution is 0.174. The fourth-order valence-electron chi connectivity index (χ4n) is 2.85. The predicted octanol–water partition coefficient (Wildman–Crippen LogP) is 3.37. The number of pyridine rings is 1. The minimum atomic E-state index is -0.307. The number of nitriles is 1. The molecule has 7 nitrogen and oxygen atoms in total. The van der Waals surface area contributed by atoms with Crippen molar-refractivity contribution < 1.29 is 13.9 Å². The predicted molar refractivity (Wildman–Crippen MR) is 112 cm³/mol.